The van der Waals surface area contributed by atoms with Crippen LogP contribution in [0.1, 0.15) is 25.0 Å². The maximum Gasteiger partial charge on any atom is 1.00 e. The van der Waals surface area contributed by atoms with E-state index in [9.17, 15) is 9.46 Å². The first-order valence-electron chi connectivity index (χ1n) is 10.4. The van der Waals surface area contributed by atoms with Crippen molar-refractivity contribution in [2.45, 2.75) is 19.3 Å². The molecule has 0 saturated heterocycles. The summed E-state index contributed by atoms with van der Waals surface area (Å²) in [7, 11) is -4.65. The third-order valence-electron chi connectivity index (χ3n) is 5.47. The van der Waals surface area contributed by atoms with Crippen LogP contribution in [-0.4, -0.2) is 0 Å². The molecule has 33 heavy (non-hydrogen) atoms. The Morgan fingerprint density at radius 2 is 1.18 bits per heavy atom. The summed E-state index contributed by atoms with van der Waals surface area (Å²) in [5.41, 5.74) is 3.52. The Labute approximate surface area is 217 Å². The van der Waals surface area contributed by atoms with Crippen molar-refractivity contribution < 1.29 is 48.1 Å². The second kappa shape index (κ2) is 10.7. The summed E-state index contributed by atoms with van der Waals surface area (Å²) >= 11 is 0. The van der Waals surface area contributed by atoms with Gasteiger partial charge in [-0.3, -0.25) is 0 Å². The molecule has 4 aromatic carbocycles. The second-order valence-corrected chi connectivity index (χ2v) is 9.27. The summed E-state index contributed by atoms with van der Waals surface area (Å²) in [6.07, 6.45) is 0. The zero-order valence-electron chi connectivity index (χ0n) is 19.0. The van der Waals surface area contributed by atoms with E-state index in [1.54, 1.807) is 24.3 Å². The van der Waals surface area contributed by atoms with Gasteiger partial charge in [0.15, 0.2) is 0 Å². The molecule has 1 unspecified atom stereocenters. The number of phosphoric acid groups is 1. The topological polar surface area (TPSA) is 58.6 Å². The van der Waals surface area contributed by atoms with E-state index in [1.165, 1.54) is 5.56 Å². The van der Waals surface area contributed by atoms with Crippen LogP contribution in [0.15, 0.2) is 109 Å². The smallest absolute Gasteiger partial charge is 0.736 e. The van der Waals surface area contributed by atoms with Gasteiger partial charge in [-0.15, -0.1) is 0 Å². The fraction of sp³-hybridized carbons (Fsp3) is 0.111. The molecule has 0 fully saturated rings. The molecule has 0 N–H and O–H groups in total. The van der Waals surface area contributed by atoms with Crippen molar-refractivity contribution in [3.8, 4) is 22.6 Å². The van der Waals surface area contributed by atoms with E-state index in [4.69, 9.17) is 9.05 Å². The van der Waals surface area contributed by atoms with Gasteiger partial charge in [0.1, 0.15) is 11.5 Å². The Bertz CT molecular complexity index is 1230. The molecule has 0 aromatic heterocycles. The van der Waals surface area contributed by atoms with Gasteiger partial charge >= 0.3 is 37.4 Å². The van der Waals surface area contributed by atoms with Gasteiger partial charge in [-0.2, -0.15) is 0 Å². The van der Waals surface area contributed by atoms with Crippen LogP contribution >= 0.6 is 7.82 Å². The first-order valence-corrected chi connectivity index (χ1v) is 11.8. The monoisotopic (exact) mass is 466 g/mol. The zero-order chi connectivity index (χ0) is 22.6. The number of hydrogen-bond donors (Lipinski definition) is 0. The van der Waals surface area contributed by atoms with Crippen LogP contribution in [0.3, 0.4) is 0 Å². The Kier molecular flexibility index (Phi) is 8.23. The number of rotatable bonds is 7. The molecule has 0 aliphatic rings. The normalized spacial score (nSPS) is 12.8. The van der Waals surface area contributed by atoms with Crippen molar-refractivity contribution in [2.75, 3.05) is 0 Å². The number of para-hydroxylation sites is 1. The molecule has 0 heterocycles. The van der Waals surface area contributed by atoms with E-state index < -0.39 is 7.82 Å². The molecule has 0 spiro atoms. The second-order valence-electron chi connectivity index (χ2n) is 8.01. The Balaban J connectivity index is 0.00000306. The average molecular weight is 466 g/mol. The quantitative estimate of drug-likeness (QED) is 0.309. The molecule has 6 heteroatoms. The zero-order valence-corrected chi connectivity index (χ0v) is 21.9. The van der Waals surface area contributed by atoms with Gasteiger partial charge in [0.2, 0.25) is 0 Å². The van der Waals surface area contributed by atoms with Crippen LogP contribution in [-0.2, 0) is 9.98 Å². The minimum absolute atomic E-state index is 0. The van der Waals surface area contributed by atoms with E-state index in [0.717, 1.165) is 11.1 Å². The third kappa shape index (κ3) is 6.17. The van der Waals surface area contributed by atoms with Gasteiger partial charge in [0.05, 0.1) is 0 Å². The first-order chi connectivity index (χ1) is 15.4. The summed E-state index contributed by atoms with van der Waals surface area (Å²) in [4.78, 5) is 12.6. The van der Waals surface area contributed by atoms with Crippen LogP contribution in [0.4, 0.5) is 0 Å². The van der Waals surface area contributed by atoms with Gasteiger partial charge in [-0.1, -0.05) is 105 Å². The number of hydrogen-bond acceptors (Lipinski definition) is 4. The third-order valence-corrected chi connectivity index (χ3v) is 6.33. The largest absolute Gasteiger partial charge is 1.00 e. The predicted octanol–water partition coefficient (Wildman–Crippen LogP) is 3.61. The van der Waals surface area contributed by atoms with Gasteiger partial charge < -0.3 is 13.9 Å². The Hall–Kier alpha value is -2.33. The molecule has 162 valence electrons. The van der Waals surface area contributed by atoms with E-state index in [-0.39, 0.29) is 46.5 Å². The average Bonchev–Trinajstić information content (AvgIpc) is 2.80. The summed E-state index contributed by atoms with van der Waals surface area (Å²) in [6, 6.07) is 33.6. The van der Waals surface area contributed by atoms with Crippen molar-refractivity contribution in [1.82, 2.24) is 0 Å². The van der Waals surface area contributed by atoms with E-state index >= 15 is 0 Å². The van der Waals surface area contributed by atoms with E-state index in [2.05, 4.69) is 26.0 Å². The minimum atomic E-state index is -4.65. The van der Waals surface area contributed by atoms with Crippen LogP contribution in [0, 0.1) is 0 Å². The maximum atomic E-state index is 12.6. The van der Waals surface area contributed by atoms with Crippen molar-refractivity contribution in [3.05, 3.63) is 120 Å². The Morgan fingerprint density at radius 3 is 1.82 bits per heavy atom. The van der Waals surface area contributed by atoms with Gasteiger partial charge in [-0.25, -0.2) is 4.57 Å². The molecular weight excluding hydrogens is 442 g/mol. The van der Waals surface area contributed by atoms with Crippen molar-refractivity contribution in [1.29, 1.82) is 0 Å². The fourth-order valence-corrected chi connectivity index (χ4v) is 4.44. The van der Waals surface area contributed by atoms with Gasteiger partial charge in [0, 0.05) is 11.0 Å². The van der Waals surface area contributed by atoms with Gasteiger partial charge in [0.25, 0.3) is 0 Å². The van der Waals surface area contributed by atoms with Crippen molar-refractivity contribution in [3.63, 3.8) is 0 Å². The van der Waals surface area contributed by atoms with Crippen molar-refractivity contribution >= 4 is 7.82 Å². The summed E-state index contributed by atoms with van der Waals surface area (Å²) in [6.45, 7) is 4.25. The van der Waals surface area contributed by atoms with Crippen LogP contribution in [0.25, 0.3) is 11.1 Å². The van der Waals surface area contributed by atoms with Crippen LogP contribution < -0.4 is 43.5 Å². The minimum Gasteiger partial charge on any atom is -0.736 e. The molecule has 4 nitrogen and oxygen atoms in total. The SMILES string of the molecule is CC(C)(c1ccccc1)c1ccc(OP(=O)([O-])Oc2ccccc2-c2ccccc2)cc1.[Na+]. The van der Waals surface area contributed by atoms with Crippen molar-refractivity contribution in [2.24, 2.45) is 0 Å². The molecule has 0 saturated carbocycles. The summed E-state index contributed by atoms with van der Waals surface area (Å²) in [5.74, 6) is 0.423. The molecule has 0 aliphatic heterocycles. The van der Waals surface area contributed by atoms with Gasteiger partial charge in [-0.05, 0) is 34.9 Å². The molecular formula is C27H24NaO4P. The van der Waals surface area contributed by atoms with Crippen LogP contribution in [0.2, 0.25) is 0 Å². The standard InChI is InChI=1S/C27H25O4P.Na/c1-27(2,22-13-7-4-8-14-22)23-17-19-24(20-18-23)30-32(28,29)31-26-16-10-9-15-25(26)21-11-5-3-6-12-21;/h3-20H,1-2H3,(H,28,29);/q;+1/p-1. The Morgan fingerprint density at radius 1 is 0.667 bits per heavy atom. The molecule has 4 aromatic rings. The fourth-order valence-electron chi connectivity index (χ4n) is 3.62. The number of phosphoric ester groups is 1. The first kappa shape index (κ1) is 25.3. The molecule has 0 radical (unpaired) electrons. The van der Waals surface area contributed by atoms with Crippen LogP contribution in [0.5, 0.6) is 11.5 Å². The van der Waals surface area contributed by atoms with E-state index in [0.29, 0.717) is 5.56 Å². The molecule has 0 aliphatic carbocycles. The molecule has 0 amide bonds. The molecule has 0 bridgehead atoms. The summed E-state index contributed by atoms with van der Waals surface area (Å²) in [5, 5.41) is 0. The summed E-state index contributed by atoms with van der Waals surface area (Å²) < 4.78 is 23.2. The number of benzene rings is 4. The predicted molar refractivity (Wildman–Crippen MR) is 126 cm³/mol. The molecule has 1 atom stereocenters. The van der Waals surface area contributed by atoms with E-state index in [1.807, 2.05) is 72.8 Å². The maximum absolute atomic E-state index is 12.6. The molecule has 4 rings (SSSR count).